The molecule has 134 valence electrons. The lowest BCUT2D eigenvalue weighted by atomic mass is 10.1. The van der Waals surface area contributed by atoms with Crippen molar-refractivity contribution in [2.24, 2.45) is 5.84 Å². The second kappa shape index (κ2) is 8.30. The first kappa shape index (κ1) is 19.2. The molecule has 25 heavy (non-hydrogen) atoms. The van der Waals surface area contributed by atoms with Crippen molar-refractivity contribution in [3.63, 3.8) is 0 Å². The molecule has 0 saturated heterocycles. The molecule has 9 heteroatoms. The van der Waals surface area contributed by atoms with Crippen LogP contribution in [0.15, 0.2) is 53.4 Å². The van der Waals surface area contributed by atoms with Crippen molar-refractivity contribution < 1.29 is 17.9 Å². The Labute approximate surface area is 151 Å². The molecule has 0 fully saturated rings. The highest BCUT2D eigenvalue weighted by Gasteiger charge is 2.20. The second-order valence-corrected chi connectivity index (χ2v) is 7.32. The topological polar surface area (TPSA) is 111 Å². The maximum Gasteiger partial charge on any atom is 0.271 e. The van der Waals surface area contributed by atoms with Crippen LogP contribution < -0.4 is 20.7 Å². The Kier molecular flexibility index (Phi) is 6.38. The summed E-state index contributed by atoms with van der Waals surface area (Å²) in [4.78, 5) is 11.1. The Balaban J connectivity index is 2.14. The van der Waals surface area contributed by atoms with Crippen LogP contribution in [-0.2, 0) is 14.8 Å². The lowest BCUT2D eigenvalue weighted by Crippen LogP contribution is -2.34. The monoisotopic (exact) mass is 383 g/mol. The van der Waals surface area contributed by atoms with Crippen LogP contribution in [0.3, 0.4) is 0 Å². The summed E-state index contributed by atoms with van der Waals surface area (Å²) >= 11 is 6.04. The second-order valence-electron chi connectivity index (χ2n) is 5.20. The van der Waals surface area contributed by atoms with Gasteiger partial charge in [0.1, 0.15) is 5.75 Å². The summed E-state index contributed by atoms with van der Waals surface area (Å²) in [6, 6.07) is 12.8. The first-order valence-electron chi connectivity index (χ1n) is 7.32. The normalized spacial score (nSPS) is 12.4. The zero-order chi connectivity index (χ0) is 18.4. The number of amides is 1. The fourth-order valence-corrected chi connectivity index (χ4v) is 3.62. The first-order valence-corrected chi connectivity index (χ1v) is 9.18. The van der Waals surface area contributed by atoms with E-state index in [2.05, 4.69) is 4.72 Å². The average molecular weight is 384 g/mol. The lowest BCUT2D eigenvalue weighted by molar-refractivity contribution is -0.123. The van der Waals surface area contributed by atoms with E-state index in [1.807, 2.05) is 35.8 Å². The zero-order valence-corrected chi connectivity index (χ0v) is 15.0. The molecule has 2 aromatic carbocycles. The molecule has 1 amide bonds. The smallest absolute Gasteiger partial charge is 0.271 e. The van der Waals surface area contributed by atoms with E-state index in [4.69, 9.17) is 22.2 Å². The van der Waals surface area contributed by atoms with Gasteiger partial charge in [-0.3, -0.25) is 10.2 Å². The average Bonchev–Trinajstić information content (AvgIpc) is 2.60. The minimum absolute atomic E-state index is 0.00379. The molecule has 0 aliphatic rings. The summed E-state index contributed by atoms with van der Waals surface area (Å²) < 4.78 is 32.8. The first-order chi connectivity index (χ1) is 11.8. The van der Waals surface area contributed by atoms with Crippen LogP contribution in [0.1, 0.15) is 18.5 Å². The summed E-state index contributed by atoms with van der Waals surface area (Å²) in [6.07, 6.45) is 0. The van der Waals surface area contributed by atoms with E-state index in [0.717, 1.165) is 5.56 Å². The number of halogens is 1. The van der Waals surface area contributed by atoms with E-state index < -0.39 is 22.0 Å². The van der Waals surface area contributed by atoms with Crippen molar-refractivity contribution in [2.45, 2.75) is 17.9 Å². The van der Waals surface area contributed by atoms with E-state index in [1.54, 1.807) is 6.92 Å². The number of hydrazine groups is 1. The number of sulfonamides is 1. The van der Waals surface area contributed by atoms with Gasteiger partial charge in [-0.15, -0.1) is 0 Å². The molecule has 1 atom stereocenters. The SMILES string of the molecule is CC(NS(=O)(=O)c1ccc(OCC(=O)NN)c(Cl)c1)c1ccccc1. The van der Waals surface area contributed by atoms with Crippen molar-refractivity contribution in [1.82, 2.24) is 10.1 Å². The van der Waals surface area contributed by atoms with E-state index in [-0.39, 0.29) is 22.3 Å². The van der Waals surface area contributed by atoms with E-state index in [0.29, 0.717) is 0 Å². The molecule has 0 aliphatic heterocycles. The molecule has 4 N–H and O–H groups in total. The van der Waals surface area contributed by atoms with Gasteiger partial charge in [0.05, 0.1) is 9.92 Å². The number of carbonyl (C=O) groups excluding carboxylic acids is 1. The van der Waals surface area contributed by atoms with E-state index in [1.165, 1.54) is 18.2 Å². The number of rotatable bonds is 7. The number of ether oxygens (including phenoxy) is 1. The van der Waals surface area contributed by atoms with Gasteiger partial charge < -0.3 is 4.74 Å². The Bertz CT molecular complexity index is 844. The molecule has 0 heterocycles. The van der Waals surface area contributed by atoms with Crippen LogP contribution in [0.5, 0.6) is 5.75 Å². The summed E-state index contributed by atoms with van der Waals surface area (Å²) in [6.45, 7) is 1.42. The molecule has 0 bridgehead atoms. The van der Waals surface area contributed by atoms with Gasteiger partial charge in [-0.05, 0) is 30.7 Å². The van der Waals surface area contributed by atoms with Crippen LogP contribution in [0.25, 0.3) is 0 Å². The van der Waals surface area contributed by atoms with Gasteiger partial charge in [-0.25, -0.2) is 19.0 Å². The molecular formula is C16H18ClN3O4S. The van der Waals surface area contributed by atoms with Gasteiger partial charge in [-0.2, -0.15) is 0 Å². The Morgan fingerprint density at radius 2 is 1.92 bits per heavy atom. The quantitative estimate of drug-likeness (QED) is 0.383. The Hall–Kier alpha value is -2.13. The number of hydrogen-bond donors (Lipinski definition) is 3. The molecule has 1 unspecified atom stereocenters. The fourth-order valence-electron chi connectivity index (χ4n) is 2.06. The minimum Gasteiger partial charge on any atom is -0.482 e. The van der Waals surface area contributed by atoms with Gasteiger partial charge in [0.15, 0.2) is 6.61 Å². The van der Waals surface area contributed by atoms with Crippen LogP contribution >= 0.6 is 11.6 Å². The molecule has 0 spiro atoms. The summed E-state index contributed by atoms with van der Waals surface area (Å²) in [7, 11) is -3.77. The number of hydrogen-bond acceptors (Lipinski definition) is 5. The molecule has 0 saturated carbocycles. The van der Waals surface area contributed by atoms with Crippen molar-refractivity contribution in [2.75, 3.05) is 6.61 Å². The summed E-state index contributed by atoms with van der Waals surface area (Å²) in [5, 5.41) is 0.0695. The molecule has 0 radical (unpaired) electrons. The lowest BCUT2D eigenvalue weighted by Gasteiger charge is -2.15. The molecule has 2 aromatic rings. The third-order valence-electron chi connectivity index (χ3n) is 3.36. The van der Waals surface area contributed by atoms with Crippen LogP contribution in [0, 0.1) is 0 Å². The van der Waals surface area contributed by atoms with Crippen LogP contribution in [0.4, 0.5) is 0 Å². The molecule has 0 aromatic heterocycles. The van der Waals surface area contributed by atoms with Gasteiger partial charge in [0.25, 0.3) is 5.91 Å². The summed E-state index contributed by atoms with van der Waals surface area (Å²) in [5.74, 6) is 4.59. The highest BCUT2D eigenvalue weighted by atomic mass is 35.5. The third-order valence-corrected chi connectivity index (χ3v) is 5.20. The third kappa shape index (κ3) is 5.17. The maximum absolute atomic E-state index is 12.5. The Morgan fingerprint density at radius 3 is 2.52 bits per heavy atom. The number of benzene rings is 2. The minimum atomic E-state index is -3.77. The van der Waals surface area contributed by atoms with Crippen LogP contribution in [0.2, 0.25) is 5.02 Å². The highest BCUT2D eigenvalue weighted by Crippen LogP contribution is 2.28. The molecule has 2 rings (SSSR count). The van der Waals surface area contributed by atoms with E-state index >= 15 is 0 Å². The zero-order valence-electron chi connectivity index (χ0n) is 13.4. The van der Waals surface area contributed by atoms with Crippen molar-refractivity contribution >= 4 is 27.5 Å². The van der Waals surface area contributed by atoms with Gasteiger partial charge in [0, 0.05) is 6.04 Å². The van der Waals surface area contributed by atoms with Crippen molar-refractivity contribution in [1.29, 1.82) is 0 Å². The van der Waals surface area contributed by atoms with Gasteiger partial charge in [0.2, 0.25) is 10.0 Å². The number of nitrogens with one attached hydrogen (secondary N) is 2. The van der Waals surface area contributed by atoms with Crippen molar-refractivity contribution in [3.05, 3.63) is 59.1 Å². The fraction of sp³-hybridized carbons (Fsp3) is 0.188. The highest BCUT2D eigenvalue weighted by molar-refractivity contribution is 7.89. The molecule has 7 nitrogen and oxygen atoms in total. The maximum atomic E-state index is 12.5. The molecular weight excluding hydrogens is 366 g/mol. The van der Waals surface area contributed by atoms with Crippen LogP contribution in [-0.4, -0.2) is 20.9 Å². The Morgan fingerprint density at radius 1 is 1.24 bits per heavy atom. The standard InChI is InChI=1S/C16H18ClN3O4S/c1-11(12-5-3-2-4-6-12)20-25(22,23)13-7-8-15(14(17)9-13)24-10-16(21)19-18/h2-9,11,20H,10,18H2,1H3,(H,19,21). The van der Waals surface area contributed by atoms with Gasteiger partial charge in [-0.1, -0.05) is 41.9 Å². The summed E-state index contributed by atoms with van der Waals surface area (Å²) in [5.41, 5.74) is 2.75. The largest absolute Gasteiger partial charge is 0.482 e. The number of nitrogens with two attached hydrogens (primary N) is 1. The van der Waals surface area contributed by atoms with Crippen molar-refractivity contribution in [3.8, 4) is 5.75 Å². The molecule has 0 aliphatic carbocycles. The predicted octanol–water partition coefficient (Wildman–Crippen LogP) is 1.75. The predicted molar refractivity (Wildman–Crippen MR) is 94.5 cm³/mol. The van der Waals surface area contributed by atoms with E-state index in [9.17, 15) is 13.2 Å². The van der Waals surface area contributed by atoms with Gasteiger partial charge >= 0.3 is 0 Å². The number of carbonyl (C=O) groups is 1.